The Labute approximate surface area is 92.0 Å². The SMILES string of the molecule is CCCCCCNC1CS(=O)(=O)CC1O. The molecule has 0 saturated carbocycles. The second kappa shape index (κ2) is 5.82. The predicted molar refractivity (Wildman–Crippen MR) is 60.6 cm³/mol. The highest BCUT2D eigenvalue weighted by molar-refractivity contribution is 7.91. The highest BCUT2D eigenvalue weighted by Crippen LogP contribution is 2.12. The van der Waals surface area contributed by atoms with E-state index in [9.17, 15) is 13.5 Å². The fraction of sp³-hybridized carbons (Fsp3) is 1.00. The molecule has 0 aromatic rings. The summed E-state index contributed by atoms with van der Waals surface area (Å²) in [7, 11) is -3.00. The van der Waals surface area contributed by atoms with E-state index < -0.39 is 15.9 Å². The largest absolute Gasteiger partial charge is 0.390 e. The smallest absolute Gasteiger partial charge is 0.154 e. The van der Waals surface area contributed by atoms with Crippen molar-refractivity contribution in [2.75, 3.05) is 18.1 Å². The Balaban J connectivity index is 2.17. The van der Waals surface area contributed by atoms with Crippen LogP contribution in [0.2, 0.25) is 0 Å². The molecular weight excluding hydrogens is 214 g/mol. The second-order valence-corrected chi connectivity index (χ2v) is 6.42. The van der Waals surface area contributed by atoms with Gasteiger partial charge in [-0.25, -0.2) is 8.42 Å². The summed E-state index contributed by atoms with van der Waals surface area (Å²) in [6.45, 7) is 2.96. The van der Waals surface area contributed by atoms with Crippen molar-refractivity contribution in [3.8, 4) is 0 Å². The van der Waals surface area contributed by atoms with Gasteiger partial charge in [0.15, 0.2) is 9.84 Å². The van der Waals surface area contributed by atoms with Crippen LogP contribution in [0.3, 0.4) is 0 Å². The van der Waals surface area contributed by atoms with Crippen molar-refractivity contribution in [1.82, 2.24) is 5.32 Å². The summed E-state index contributed by atoms with van der Waals surface area (Å²) in [6, 6.07) is -0.253. The predicted octanol–water partition coefficient (Wildman–Crippen LogP) is 0.314. The third-order valence-electron chi connectivity index (χ3n) is 2.76. The van der Waals surface area contributed by atoms with Crippen LogP contribution in [0.5, 0.6) is 0 Å². The Kier molecular flexibility index (Phi) is 5.02. The van der Waals surface area contributed by atoms with Gasteiger partial charge in [0.05, 0.1) is 17.6 Å². The van der Waals surface area contributed by atoms with E-state index in [2.05, 4.69) is 12.2 Å². The molecule has 0 aromatic heterocycles. The highest BCUT2D eigenvalue weighted by Gasteiger charge is 2.35. The molecule has 1 rings (SSSR count). The zero-order valence-corrected chi connectivity index (χ0v) is 10.1. The van der Waals surface area contributed by atoms with Crippen LogP contribution in [0, 0.1) is 0 Å². The molecule has 2 N–H and O–H groups in total. The van der Waals surface area contributed by atoms with E-state index in [1.165, 1.54) is 19.3 Å². The highest BCUT2D eigenvalue weighted by atomic mass is 32.2. The van der Waals surface area contributed by atoms with Crippen molar-refractivity contribution >= 4 is 9.84 Å². The van der Waals surface area contributed by atoms with Gasteiger partial charge in [-0.05, 0) is 13.0 Å². The third-order valence-corrected chi connectivity index (χ3v) is 4.48. The number of unbranched alkanes of at least 4 members (excludes halogenated alkanes) is 3. The molecule has 1 heterocycles. The van der Waals surface area contributed by atoms with Gasteiger partial charge in [0.2, 0.25) is 0 Å². The lowest BCUT2D eigenvalue weighted by molar-refractivity contribution is 0.166. The molecule has 1 saturated heterocycles. The summed E-state index contributed by atoms with van der Waals surface area (Å²) in [5.41, 5.74) is 0. The molecule has 1 aliphatic rings. The van der Waals surface area contributed by atoms with Gasteiger partial charge in [-0.2, -0.15) is 0 Å². The first-order valence-corrected chi connectivity index (χ1v) is 7.49. The number of rotatable bonds is 6. The molecule has 2 atom stereocenters. The molecule has 0 spiro atoms. The normalized spacial score (nSPS) is 29.5. The van der Waals surface area contributed by atoms with Crippen molar-refractivity contribution in [2.45, 2.75) is 44.8 Å². The van der Waals surface area contributed by atoms with Crippen molar-refractivity contribution in [1.29, 1.82) is 0 Å². The average molecular weight is 235 g/mol. The summed E-state index contributed by atoms with van der Waals surface area (Å²) >= 11 is 0. The Hall–Kier alpha value is -0.130. The molecule has 0 aliphatic carbocycles. The van der Waals surface area contributed by atoms with Gasteiger partial charge in [-0.15, -0.1) is 0 Å². The van der Waals surface area contributed by atoms with E-state index in [0.29, 0.717) is 0 Å². The van der Waals surface area contributed by atoms with E-state index in [0.717, 1.165) is 13.0 Å². The van der Waals surface area contributed by atoms with Gasteiger partial charge in [0.1, 0.15) is 0 Å². The summed E-state index contributed by atoms with van der Waals surface area (Å²) in [6.07, 6.45) is 3.91. The number of aliphatic hydroxyl groups excluding tert-OH is 1. The standard InChI is InChI=1S/C10H21NO3S/c1-2-3-4-5-6-11-9-7-15(13,14)8-10(9)12/h9-12H,2-8H2,1H3. The van der Waals surface area contributed by atoms with E-state index >= 15 is 0 Å². The Morgan fingerprint density at radius 2 is 2.00 bits per heavy atom. The molecule has 0 amide bonds. The van der Waals surface area contributed by atoms with E-state index in [1.54, 1.807) is 0 Å². The molecule has 1 aliphatic heterocycles. The number of aliphatic hydroxyl groups is 1. The summed E-state index contributed by atoms with van der Waals surface area (Å²) in [5, 5.41) is 12.6. The lowest BCUT2D eigenvalue weighted by atomic mass is 10.2. The average Bonchev–Trinajstić information content (AvgIpc) is 2.39. The minimum absolute atomic E-state index is 0.0837. The molecule has 4 nitrogen and oxygen atoms in total. The number of hydrogen-bond acceptors (Lipinski definition) is 4. The van der Waals surface area contributed by atoms with Gasteiger partial charge >= 0.3 is 0 Å². The molecule has 1 fully saturated rings. The minimum atomic E-state index is -3.00. The van der Waals surface area contributed by atoms with Crippen molar-refractivity contribution < 1.29 is 13.5 Å². The summed E-state index contributed by atoms with van der Waals surface area (Å²) in [4.78, 5) is 0. The molecule has 90 valence electrons. The first kappa shape index (κ1) is 12.9. The lowest BCUT2D eigenvalue weighted by Crippen LogP contribution is -2.39. The zero-order valence-electron chi connectivity index (χ0n) is 9.28. The van der Waals surface area contributed by atoms with E-state index in [-0.39, 0.29) is 17.5 Å². The molecular formula is C10H21NO3S. The van der Waals surface area contributed by atoms with Crippen molar-refractivity contribution in [3.05, 3.63) is 0 Å². The van der Waals surface area contributed by atoms with Gasteiger partial charge in [0.25, 0.3) is 0 Å². The van der Waals surface area contributed by atoms with Gasteiger partial charge in [0, 0.05) is 6.04 Å². The topological polar surface area (TPSA) is 66.4 Å². The quantitative estimate of drug-likeness (QED) is 0.650. The molecule has 0 radical (unpaired) electrons. The molecule has 5 heteroatoms. The van der Waals surface area contributed by atoms with Crippen LogP contribution in [0.1, 0.15) is 32.6 Å². The van der Waals surface area contributed by atoms with Gasteiger partial charge in [-0.3, -0.25) is 0 Å². The van der Waals surface area contributed by atoms with E-state index in [4.69, 9.17) is 0 Å². The number of sulfone groups is 1. The Morgan fingerprint density at radius 1 is 1.27 bits per heavy atom. The first-order chi connectivity index (χ1) is 7.05. The minimum Gasteiger partial charge on any atom is -0.390 e. The van der Waals surface area contributed by atoms with Crippen LogP contribution in [-0.4, -0.2) is 43.7 Å². The molecule has 15 heavy (non-hydrogen) atoms. The van der Waals surface area contributed by atoms with Crippen LogP contribution < -0.4 is 5.32 Å². The maximum atomic E-state index is 11.2. The summed E-state index contributed by atoms with van der Waals surface area (Å²) in [5.74, 6) is 0.00156. The molecule has 2 unspecified atom stereocenters. The maximum Gasteiger partial charge on any atom is 0.154 e. The fourth-order valence-electron chi connectivity index (χ4n) is 1.86. The summed E-state index contributed by atoms with van der Waals surface area (Å²) < 4.78 is 22.4. The molecule has 0 aromatic carbocycles. The zero-order chi connectivity index (χ0) is 11.3. The third kappa shape index (κ3) is 4.49. The Bertz CT molecular complexity index is 276. The number of nitrogens with one attached hydrogen (secondary N) is 1. The van der Waals surface area contributed by atoms with Gasteiger partial charge in [-0.1, -0.05) is 26.2 Å². The number of hydrogen-bond donors (Lipinski definition) is 2. The fourth-order valence-corrected chi connectivity index (χ4v) is 3.64. The molecule has 0 bridgehead atoms. The van der Waals surface area contributed by atoms with Crippen LogP contribution in [0.15, 0.2) is 0 Å². The van der Waals surface area contributed by atoms with Gasteiger partial charge < -0.3 is 10.4 Å². The van der Waals surface area contributed by atoms with Crippen LogP contribution in [0.4, 0.5) is 0 Å². The van der Waals surface area contributed by atoms with Crippen LogP contribution >= 0.6 is 0 Å². The second-order valence-electron chi connectivity index (χ2n) is 4.27. The maximum absolute atomic E-state index is 11.2. The van der Waals surface area contributed by atoms with Crippen molar-refractivity contribution in [3.63, 3.8) is 0 Å². The van der Waals surface area contributed by atoms with Crippen LogP contribution in [0.25, 0.3) is 0 Å². The first-order valence-electron chi connectivity index (χ1n) is 5.67. The van der Waals surface area contributed by atoms with E-state index in [1.807, 2.05) is 0 Å². The van der Waals surface area contributed by atoms with Crippen LogP contribution in [-0.2, 0) is 9.84 Å². The monoisotopic (exact) mass is 235 g/mol. The van der Waals surface area contributed by atoms with Crippen molar-refractivity contribution in [2.24, 2.45) is 0 Å². The lowest BCUT2D eigenvalue weighted by Gasteiger charge is -2.14. The Morgan fingerprint density at radius 3 is 2.53 bits per heavy atom.